The Hall–Kier alpha value is -3.48. The number of carbonyl (C=O) groups excluding carboxylic acids is 1. The summed E-state index contributed by atoms with van der Waals surface area (Å²) in [6.07, 6.45) is 0.689. The van der Waals surface area contributed by atoms with Crippen molar-refractivity contribution >= 4 is 11.6 Å². The molecule has 1 fully saturated rings. The maximum Gasteiger partial charge on any atom is 0.257 e. The molecule has 2 heterocycles. The number of aryl methyl sites for hydroxylation is 2. The van der Waals surface area contributed by atoms with Gasteiger partial charge in [0.25, 0.3) is 5.91 Å². The Bertz CT molecular complexity index is 1270. The first kappa shape index (κ1) is 25.2. The second-order valence-corrected chi connectivity index (χ2v) is 10.1. The minimum absolute atomic E-state index is 0.0558. The molecule has 3 aromatic rings. The van der Waals surface area contributed by atoms with Crippen molar-refractivity contribution in [2.75, 3.05) is 39.8 Å². The summed E-state index contributed by atoms with van der Waals surface area (Å²) in [6.45, 7) is 9.24. The van der Waals surface area contributed by atoms with E-state index >= 15 is 0 Å². The predicted octanol–water partition coefficient (Wildman–Crippen LogP) is 4.81. The highest BCUT2D eigenvalue weighted by Gasteiger charge is 2.35. The Morgan fingerprint density at radius 3 is 2.43 bits per heavy atom. The SMILES string of the molecule is COc1cccc(C2=NN(C(=O)CN3CCN(Cc4ccccc4)CC3)C(c3cc(C)ccc3C)C2)c1. The second kappa shape index (κ2) is 11.3. The molecule has 0 aliphatic carbocycles. The van der Waals surface area contributed by atoms with Crippen LogP contribution >= 0.6 is 0 Å². The van der Waals surface area contributed by atoms with Crippen molar-refractivity contribution in [3.05, 3.63) is 101 Å². The predicted molar refractivity (Wildman–Crippen MR) is 148 cm³/mol. The quantitative estimate of drug-likeness (QED) is 0.471. The molecule has 5 rings (SSSR count). The van der Waals surface area contributed by atoms with Crippen molar-refractivity contribution in [2.24, 2.45) is 5.10 Å². The van der Waals surface area contributed by atoms with Gasteiger partial charge in [-0.3, -0.25) is 14.6 Å². The summed E-state index contributed by atoms with van der Waals surface area (Å²) >= 11 is 0. The molecule has 2 aliphatic heterocycles. The first-order valence-electron chi connectivity index (χ1n) is 13.1. The number of rotatable bonds is 7. The summed E-state index contributed by atoms with van der Waals surface area (Å²) in [5.74, 6) is 0.849. The van der Waals surface area contributed by atoms with Crippen molar-refractivity contribution in [1.29, 1.82) is 0 Å². The summed E-state index contributed by atoms with van der Waals surface area (Å²) in [4.78, 5) is 18.4. The van der Waals surface area contributed by atoms with Gasteiger partial charge in [0.05, 0.1) is 25.4 Å². The molecular formula is C31H36N4O2. The largest absolute Gasteiger partial charge is 0.497 e. The molecule has 1 unspecified atom stereocenters. The van der Waals surface area contributed by atoms with E-state index in [1.54, 1.807) is 12.1 Å². The fourth-order valence-electron chi connectivity index (χ4n) is 5.29. The highest BCUT2D eigenvalue weighted by molar-refractivity contribution is 6.03. The number of amides is 1. The number of ether oxygens (including phenoxy) is 1. The van der Waals surface area contributed by atoms with Gasteiger partial charge < -0.3 is 4.74 Å². The third-order valence-electron chi connectivity index (χ3n) is 7.44. The van der Waals surface area contributed by atoms with Crippen molar-refractivity contribution in [1.82, 2.24) is 14.8 Å². The minimum atomic E-state index is -0.104. The van der Waals surface area contributed by atoms with E-state index in [4.69, 9.17) is 9.84 Å². The average molecular weight is 497 g/mol. The van der Waals surface area contributed by atoms with Gasteiger partial charge in [-0.2, -0.15) is 5.10 Å². The Morgan fingerprint density at radius 1 is 0.919 bits per heavy atom. The fraction of sp³-hybridized carbons (Fsp3) is 0.355. The third-order valence-corrected chi connectivity index (χ3v) is 7.44. The van der Waals surface area contributed by atoms with Crippen LogP contribution < -0.4 is 4.74 Å². The van der Waals surface area contributed by atoms with E-state index in [9.17, 15) is 4.79 Å². The molecule has 0 saturated carbocycles. The van der Waals surface area contributed by atoms with Gasteiger partial charge in [0.15, 0.2) is 0 Å². The standard InChI is InChI=1S/C31H36N4O2/c1-23-12-13-24(2)28(18-23)30-20-29(26-10-7-11-27(19-26)37-3)32-35(30)31(36)22-34-16-14-33(15-17-34)21-25-8-5-4-6-9-25/h4-13,18-19,30H,14-17,20-22H2,1-3H3. The lowest BCUT2D eigenvalue weighted by molar-refractivity contribution is -0.134. The zero-order valence-corrected chi connectivity index (χ0v) is 22.1. The van der Waals surface area contributed by atoms with Crippen LogP contribution in [0.1, 0.15) is 40.3 Å². The van der Waals surface area contributed by atoms with Crippen LogP contribution in [-0.2, 0) is 11.3 Å². The number of hydrogen-bond acceptors (Lipinski definition) is 5. The number of hydrogen-bond donors (Lipinski definition) is 0. The summed E-state index contributed by atoms with van der Waals surface area (Å²) < 4.78 is 5.44. The summed E-state index contributed by atoms with van der Waals surface area (Å²) in [7, 11) is 1.67. The highest BCUT2D eigenvalue weighted by Crippen LogP contribution is 2.35. The van der Waals surface area contributed by atoms with Crippen molar-refractivity contribution < 1.29 is 9.53 Å². The Kier molecular flexibility index (Phi) is 7.68. The van der Waals surface area contributed by atoms with Gasteiger partial charge in [-0.05, 0) is 42.7 Å². The molecule has 0 spiro atoms. The molecule has 0 bridgehead atoms. The van der Waals surface area contributed by atoms with Crippen LogP contribution in [-0.4, -0.2) is 66.3 Å². The fourth-order valence-corrected chi connectivity index (χ4v) is 5.29. The molecule has 2 aliphatic rings. The number of hydrazone groups is 1. The normalized spacial score (nSPS) is 18.6. The van der Waals surface area contributed by atoms with E-state index in [1.807, 2.05) is 24.3 Å². The number of piperazine rings is 1. The second-order valence-electron chi connectivity index (χ2n) is 10.1. The lowest BCUT2D eigenvalue weighted by atomic mass is 9.94. The van der Waals surface area contributed by atoms with Crippen LogP contribution in [0.5, 0.6) is 5.75 Å². The molecule has 3 aromatic carbocycles. The van der Waals surface area contributed by atoms with Gasteiger partial charge in [-0.25, -0.2) is 5.01 Å². The minimum Gasteiger partial charge on any atom is -0.497 e. The summed E-state index contributed by atoms with van der Waals surface area (Å²) in [6, 6.07) is 24.9. The lowest BCUT2D eigenvalue weighted by Crippen LogP contribution is -2.49. The van der Waals surface area contributed by atoms with Gasteiger partial charge in [-0.15, -0.1) is 0 Å². The molecule has 6 heteroatoms. The number of nitrogens with zero attached hydrogens (tertiary/aromatic N) is 4. The maximum absolute atomic E-state index is 13.7. The molecule has 1 saturated heterocycles. The monoisotopic (exact) mass is 496 g/mol. The van der Waals surface area contributed by atoms with Crippen LogP contribution in [0.15, 0.2) is 77.9 Å². The maximum atomic E-state index is 13.7. The van der Waals surface area contributed by atoms with Crippen LogP contribution in [0, 0.1) is 13.8 Å². The van der Waals surface area contributed by atoms with E-state index in [0.717, 1.165) is 49.7 Å². The van der Waals surface area contributed by atoms with Crippen LogP contribution in [0.2, 0.25) is 0 Å². The molecule has 192 valence electrons. The molecule has 1 amide bonds. The summed E-state index contributed by atoms with van der Waals surface area (Å²) in [5.41, 5.74) is 6.80. The van der Waals surface area contributed by atoms with Crippen molar-refractivity contribution in [3.63, 3.8) is 0 Å². The molecule has 0 radical (unpaired) electrons. The topological polar surface area (TPSA) is 48.4 Å². The molecule has 6 nitrogen and oxygen atoms in total. The third kappa shape index (κ3) is 5.92. The zero-order chi connectivity index (χ0) is 25.8. The summed E-state index contributed by atoms with van der Waals surface area (Å²) in [5, 5.41) is 6.65. The molecular weight excluding hydrogens is 460 g/mol. The smallest absolute Gasteiger partial charge is 0.257 e. The van der Waals surface area contributed by atoms with Crippen molar-refractivity contribution in [3.8, 4) is 5.75 Å². The highest BCUT2D eigenvalue weighted by atomic mass is 16.5. The molecule has 0 N–H and O–H groups in total. The van der Waals surface area contributed by atoms with Gasteiger partial charge in [0.2, 0.25) is 0 Å². The van der Waals surface area contributed by atoms with E-state index < -0.39 is 0 Å². The Morgan fingerprint density at radius 2 is 1.68 bits per heavy atom. The average Bonchev–Trinajstić information content (AvgIpc) is 3.37. The van der Waals surface area contributed by atoms with Gasteiger partial charge in [0, 0.05) is 44.7 Å². The van der Waals surface area contributed by atoms with Gasteiger partial charge in [0.1, 0.15) is 5.75 Å². The molecule has 0 aromatic heterocycles. The number of methoxy groups -OCH3 is 1. The van der Waals surface area contributed by atoms with Gasteiger partial charge >= 0.3 is 0 Å². The number of benzene rings is 3. The van der Waals surface area contributed by atoms with E-state index in [2.05, 4.69) is 72.2 Å². The van der Waals surface area contributed by atoms with Crippen LogP contribution in [0.25, 0.3) is 0 Å². The van der Waals surface area contributed by atoms with E-state index in [0.29, 0.717) is 13.0 Å². The molecule has 1 atom stereocenters. The van der Waals surface area contributed by atoms with Crippen LogP contribution in [0.4, 0.5) is 0 Å². The van der Waals surface area contributed by atoms with E-state index in [1.165, 1.54) is 22.3 Å². The lowest BCUT2D eigenvalue weighted by Gasteiger charge is -2.35. The molecule has 37 heavy (non-hydrogen) atoms. The van der Waals surface area contributed by atoms with E-state index in [-0.39, 0.29) is 11.9 Å². The number of carbonyl (C=O) groups is 1. The zero-order valence-electron chi connectivity index (χ0n) is 22.1. The van der Waals surface area contributed by atoms with Gasteiger partial charge in [-0.1, -0.05) is 66.2 Å². The first-order valence-corrected chi connectivity index (χ1v) is 13.1. The first-order chi connectivity index (χ1) is 18.0. The van der Waals surface area contributed by atoms with Crippen molar-refractivity contribution in [2.45, 2.75) is 32.9 Å². The Labute approximate surface area is 220 Å². The van der Waals surface area contributed by atoms with Crippen LogP contribution in [0.3, 0.4) is 0 Å². The Balaban J connectivity index is 1.31.